The van der Waals surface area contributed by atoms with Crippen molar-refractivity contribution in [1.82, 2.24) is 0 Å². The molecule has 4 unspecified atom stereocenters. The molecule has 0 bridgehead atoms. The van der Waals surface area contributed by atoms with E-state index in [1.807, 2.05) is 0 Å². The monoisotopic (exact) mass is 342 g/mol. The van der Waals surface area contributed by atoms with Crippen LogP contribution in [0.4, 0.5) is 0 Å². The maximum atomic E-state index is 6.45. The van der Waals surface area contributed by atoms with Gasteiger partial charge in [0.25, 0.3) is 0 Å². The molecule has 0 amide bonds. The van der Waals surface area contributed by atoms with Gasteiger partial charge in [-0.25, -0.2) is 0 Å². The average Bonchev–Trinajstić information content (AvgIpc) is 3.07. The van der Waals surface area contributed by atoms with Crippen molar-refractivity contribution in [1.29, 1.82) is 0 Å². The lowest BCUT2D eigenvalue weighted by Crippen LogP contribution is -2.65. The molecule has 2 fully saturated rings. The Hall–Kier alpha value is 0.350. The first-order valence-corrected chi connectivity index (χ1v) is 11.5. The first-order valence-electron chi connectivity index (χ1n) is 10.0. The van der Waals surface area contributed by atoms with E-state index in [-0.39, 0.29) is 13.7 Å². The molecular weight excluding hydrogens is 303 g/mol. The lowest BCUT2D eigenvalue weighted by atomic mass is 9.70. The van der Waals surface area contributed by atoms with E-state index >= 15 is 0 Å². The van der Waals surface area contributed by atoms with Gasteiger partial charge < -0.3 is 9.47 Å². The summed E-state index contributed by atoms with van der Waals surface area (Å²) in [6.45, 7) is 18.5. The molecule has 0 aliphatic carbocycles. The van der Waals surface area contributed by atoms with Crippen LogP contribution in [0.1, 0.15) is 80.6 Å². The van der Waals surface area contributed by atoms with Gasteiger partial charge in [0, 0.05) is 11.8 Å². The van der Waals surface area contributed by atoms with Crippen LogP contribution in [-0.4, -0.2) is 35.5 Å². The Morgan fingerprint density at radius 1 is 0.826 bits per heavy atom. The van der Waals surface area contributed by atoms with E-state index in [4.69, 9.17) is 9.47 Å². The molecule has 1 spiro atoms. The maximum absolute atomic E-state index is 6.45. The molecule has 0 N–H and O–H groups in total. The number of ether oxygens (including phenoxy) is 2. The van der Waals surface area contributed by atoms with Gasteiger partial charge in [-0.1, -0.05) is 62.8 Å². The minimum absolute atomic E-state index is 0.0519. The molecule has 2 rings (SSSR count). The highest BCUT2D eigenvalue weighted by molar-refractivity contribution is 7.61. The van der Waals surface area contributed by atoms with Crippen LogP contribution in [0.25, 0.3) is 0 Å². The topological polar surface area (TPSA) is 18.5 Å². The molecule has 0 saturated carbocycles. The van der Waals surface area contributed by atoms with Gasteiger partial charge in [0.1, 0.15) is 0 Å². The molecule has 2 aliphatic heterocycles. The molecule has 23 heavy (non-hydrogen) atoms. The third-order valence-corrected chi connectivity index (χ3v) is 12.2. The normalized spacial score (nSPS) is 39.0. The standard InChI is InChI=1S/C20H39O2P/c1-8-13-19(11-4)17(7)20(21-14-15-22-20)16(6)18(9-2,10-3)23(19)12-5/h16-17H,8-15H2,1-7H3. The Balaban J connectivity index is 2.65. The van der Waals surface area contributed by atoms with E-state index in [0.717, 1.165) is 13.2 Å². The van der Waals surface area contributed by atoms with E-state index < -0.39 is 0 Å². The van der Waals surface area contributed by atoms with Crippen molar-refractivity contribution in [3.63, 3.8) is 0 Å². The zero-order valence-corrected chi connectivity index (χ0v) is 17.5. The molecule has 2 nitrogen and oxygen atoms in total. The van der Waals surface area contributed by atoms with Gasteiger partial charge in [-0.3, -0.25) is 0 Å². The molecule has 2 saturated heterocycles. The lowest BCUT2D eigenvalue weighted by Gasteiger charge is -2.66. The number of hydrogen-bond acceptors (Lipinski definition) is 2. The van der Waals surface area contributed by atoms with E-state index in [2.05, 4.69) is 48.5 Å². The van der Waals surface area contributed by atoms with Crippen molar-refractivity contribution in [2.24, 2.45) is 11.8 Å². The fourth-order valence-corrected chi connectivity index (χ4v) is 11.4. The third kappa shape index (κ3) is 2.54. The Morgan fingerprint density at radius 2 is 1.30 bits per heavy atom. The van der Waals surface area contributed by atoms with Gasteiger partial charge >= 0.3 is 0 Å². The summed E-state index contributed by atoms with van der Waals surface area (Å²) in [6.07, 6.45) is 7.73. The maximum Gasteiger partial charge on any atom is 0.175 e. The summed E-state index contributed by atoms with van der Waals surface area (Å²) in [4.78, 5) is 0. The minimum Gasteiger partial charge on any atom is -0.347 e. The second-order valence-corrected chi connectivity index (χ2v) is 10.9. The molecule has 0 aromatic heterocycles. The summed E-state index contributed by atoms with van der Waals surface area (Å²) >= 11 is 0. The highest BCUT2D eigenvalue weighted by Gasteiger charge is 2.67. The van der Waals surface area contributed by atoms with Gasteiger partial charge in [-0.15, -0.1) is 0 Å². The molecule has 0 aromatic carbocycles. The summed E-state index contributed by atoms with van der Waals surface area (Å²) in [6, 6.07) is 0. The summed E-state index contributed by atoms with van der Waals surface area (Å²) in [5.74, 6) is 0.644. The Bertz CT molecular complexity index is 387. The zero-order valence-electron chi connectivity index (χ0n) is 16.6. The van der Waals surface area contributed by atoms with Gasteiger partial charge in [0.2, 0.25) is 0 Å². The van der Waals surface area contributed by atoms with Gasteiger partial charge in [-0.2, -0.15) is 0 Å². The highest BCUT2D eigenvalue weighted by Crippen LogP contribution is 2.76. The summed E-state index contributed by atoms with van der Waals surface area (Å²) < 4.78 is 12.9. The fraction of sp³-hybridized carbons (Fsp3) is 1.00. The van der Waals surface area contributed by atoms with Crippen molar-refractivity contribution in [2.45, 2.75) is 96.7 Å². The van der Waals surface area contributed by atoms with E-state index in [1.54, 1.807) is 0 Å². The van der Waals surface area contributed by atoms with Crippen LogP contribution in [0.3, 0.4) is 0 Å². The predicted molar refractivity (Wildman–Crippen MR) is 102 cm³/mol. The molecule has 0 radical (unpaired) electrons. The Labute approximate surface area is 145 Å². The number of rotatable bonds is 6. The van der Waals surface area contributed by atoms with Crippen LogP contribution < -0.4 is 0 Å². The second-order valence-electron chi connectivity index (χ2n) is 7.62. The van der Waals surface area contributed by atoms with Gasteiger partial charge in [0.05, 0.1) is 13.2 Å². The molecule has 2 aliphatic rings. The van der Waals surface area contributed by atoms with Crippen molar-refractivity contribution in [3.05, 3.63) is 0 Å². The SMILES string of the molecule is CCCC1(CC)C(C)C2(OCCO2)C(C)C(CC)(CC)P1CC. The Morgan fingerprint density at radius 3 is 1.70 bits per heavy atom. The zero-order chi connectivity index (χ0) is 17.3. The average molecular weight is 343 g/mol. The van der Waals surface area contributed by atoms with Crippen molar-refractivity contribution in [3.8, 4) is 0 Å². The lowest BCUT2D eigenvalue weighted by molar-refractivity contribution is -0.245. The smallest absolute Gasteiger partial charge is 0.175 e. The van der Waals surface area contributed by atoms with Gasteiger partial charge in [-0.05, 0) is 42.2 Å². The van der Waals surface area contributed by atoms with Crippen molar-refractivity contribution in [2.75, 3.05) is 19.4 Å². The van der Waals surface area contributed by atoms with Crippen LogP contribution in [0.15, 0.2) is 0 Å². The molecule has 3 heteroatoms. The fourth-order valence-electron chi connectivity index (χ4n) is 6.31. The van der Waals surface area contributed by atoms with Crippen molar-refractivity contribution >= 4 is 7.92 Å². The Kier molecular flexibility index (Phi) is 6.25. The largest absolute Gasteiger partial charge is 0.347 e. The van der Waals surface area contributed by atoms with Crippen LogP contribution in [-0.2, 0) is 9.47 Å². The summed E-state index contributed by atoms with van der Waals surface area (Å²) in [5.41, 5.74) is 0. The summed E-state index contributed by atoms with van der Waals surface area (Å²) in [5, 5.41) is 0.799. The van der Waals surface area contributed by atoms with E-state index in [1.165, 1.54) is 38.3 Å². The second kappa shape index (κ2) is 7.30. The minimum atomic E-state index is -0.342. The van der Waals surface area contributed by atoms with E-state index in [9.17, 15) is 0 Å². The first-order chi connectivity index (χ1) is 11.0. The molecule has 0 aromatic rings. The first kappa shape index (κ1) is 19.7. The van der Waals surface area contributed by atoms with Crippen LogP contribution >= 0.6 is 7.92 Å². The molecular formula is C20H39O2P. The molecule has 2 heterocycles. The number of hydrogen-bond donors (Lipinski definition) is 0. The molecule has 136 valence electrons. The van der Waals surface area contributed by atoms with Crippen LogP contribution in [0, 0.1) is 11.8 Å². The van der Waals surface area contributed by atoms with Crippen LogP contribution in [0.2, 0.25) is 0 Å². The summed E-state index contributed by atoms with van der Waals surface area (Å²) in [7, 11) is -0.0519. The van der Waals surface area contributed by atoms with Crippen molar-refractivity contribution < 1.29 is 9.47 Å². The third-order valence-electron chi connectivity index (χ3n) is 7.47. The quantitative estimate of drug-likeness (QED) is 0.549. The predicted octanol–water partition coefficient (Wildman–Crippen LogP) is 6.02. The molecule has 4 atom stereocenters. The highest BCUT2D eigenvalue weighted by atomic mass is 31.1. The van der Waals surface area contributed by atoms with Crippen LogP contribution in [0.5, 0.6) is 0 Å². The van der Waals surface area contributed by atoms with Gasteiger partial charge in [0.15, 0.2) is 5.79 Å². The van der Waals surface area contributed by atoms with E-state index in [0.29, 0.717) is 22.1 Å².